The molecule has 0 unspecified atom stereocenters. The van der Waals surface area contributed by atoms with Crippen molar-refractivity contribution in [2.45, 2.75) is 38.5 Å². The highest BCUT2D eigenvalue weighted by Gasteiger charge is 1.97. The fourth-order valence-electron chi connectivity index (χ4n) is 2.54. The Kier molecular flexibility index (Phi) is 6.56. The average Bonchev–Trinajstić information content (AvgIpc) is 2.59. The van der Waals surface area contributed by atoms with Crippen LogP contribution in [-0.4, -0.2) is 12.6 Å². The zero-order valence-electron chi connectivity index (χ0n) is 12.8. The lowest BCUT2D eigenvalue weighted by molar-refractivity contribution is 0.111. The first-order valence-corrected chi connectivity index (χ1v) is 7.90. The van der Waals surface area contributed by atoms with Gasteiger partial charge in [-0.1, -0.05) is 61.4 Å². The van der Waals surface area contributed by atoms with Crippen LogP contribution in [0.25, 0.3) is 0 Å². The van der Waals surface area contributed by atoms with Gasteiger partial charge in [0.2, 0.25) is 0 Å². The third kappa shape index (κ3) is 5.28. The van der Waals surface area contributed by atoms with Crippen molar-refractivity contribution in [2.24, 2.45) is 0 Å². The molecule has 0 heterocycles. The maximum absolute atomic E-state index is 10.6. The van der Waals surface area contributed by atoms with E-state index >= 15 is 0 Å². The van der Waals surface area contributed by atoms with E-state index in [1.54, 1.807) is 0 Å². The molecule has 2 nitrogen and oxygen atoms in total. The first kappa shape index (κ1) is 16.2. The van der Waals surface area contributed by atoms with Gasteiger partial charge in [0, 0.05) is 11.1 Å². The number of carbonyl (C=O) groups excluding carboxylic acids is 2. The number of aryl methyl sites for hydroxylation is 2. The summed E-state index contributed by atoms with van der Waals surface area (Å²) in [6.45, 7) is 0. The summed E-state index contributed by atoms with van der Waals surface area (Å²) in [5.41, 5.74) is 4.08. The van der Waals surface area contributed by atoms with E-state index in [4.69, 9.17) is 0 Å². The minimum atomic E-state index is 0.740. The molecule has 0 aromatic heterocycles. The molecule has 2 aromatic rings. The Hall–Kier alpha value is -2.22. The molecule has 2 aromatic carbocycles. The number of unbranched alkanes of at least 4 members (excludes halogenated alkanes) is 3. The Morgan fingerprint density at radius 1 is 0.545 bits per heavy atom. The number of hydrogen-bond acceptors (Lipinski definition) is 2. The van der Waals surface area contributed by atoms with Crippen molar-refractivity contribution >= 4 is 12.6 Å². The van der Waals surface area contributed by atoms with Crippen LogP contribution in [0.3, 0.4) is 0 Å². The monoisotopic (exact) mass is 294 g/mol. The second-order valence-corrected chi connectivity index (χ2v) is 5.63. The van der Waals surface area contributed by atoms with E-state index < -0.39 is 0 Å². The zero-order valence-corrected chi connectivity index (χ0v) is 12.8. The van der Waals surface area contributed by atoms with Gasteiger partial charge in [0.15, 0.2) is 0 Å². The van der Waals surface area contributed by atoms with Crippen molar-refractivity contribution in [1.29, 1.82) is 0 Å². The van der Waals surface area contributed by atoms with Gasteiger partial charge < -0.3 is 0 Å². The molecule has 0 amide bonds. The standard InChI is InChI=1S/C20H22O2/c21-15-19-11-7-17(8-12-19)5-3-1-2-4-6-18-9-13-20(16-22)14-10-18/h7-16H,1-6H2. The van der Waals surface area contributed by atoms with Crippen molar-refractivity contribution < 1.29 is 9.59 Å². The third-order valence-electron chi connectivity index (χ3n) is 3.91. The molecule has 0 fully saturated rings. The van der Waals surface area contributed by atoms with Crippen LogP contribution in [0.4, 0.5) is 0 Å². The number of hydrogen-bond donors (Lipinski definition) is 0. The fraction of sp³-hybridized carbons (Fsp3) is 0.300. The van der Waals surface area contributed by atoms with Gasteiger partial charge >= 0.3 is 0 Å². The van der Waals surface area contributed by atoms with E-state index in [1.165, 1.54) is 36.8 Å². The van der Waals surface area contributed by atoms with Gasteiger partial charge in [-0.2, -0.15) is 0 Å². The van der Waals surface area contributed by atoms with Crippen molar-refractivity contribution in [3.63, 3.8) is 0 Å². The molecule has 0 aliphatic carbocycles. The Bertz CT molecular complexity index is 527. The molecule has 0 aliphatic rings. The number of carbonyl (C=O) groups is 2. The van der Waals surface area contributed by atoms with Gasteiger partial charge in [-0.05, 0) is 36.8 Å². The molecule has 0 saturated heterocycles. The molecule has 0 spiro atoms. The highest BCUT2D eigenvalue weighted by molar-refractivity contribution is 5.75. The molecule has 22 heavy (non-hydrogen) atoms. The molecule has 2 heteroatoms. The minimum Gasteiger partial charge on any atom is -0.298 e. The Labute approximate surface area is 132 Å². The summed E-state index contributed by atoms with van der Waals surface area (Å²) in [7, 11) is 0. The van der Waals surface area contributed by atoms with Crippen LogP contribution in [-0.2, 0) is 12.8 Å². The highest BCUT2D eigenvalue weighted by Crippen LogP contribution is 2.12. The van der Waals surface area contributed by atoms with Gasteiger partial charge in [0.05, 0.1) is 0 Å². The molecule has 0 saturated carbocycles. The van der Waals surface area contributed by atoms with E-state index in [2.05, 4.69) is 0 Å². The third-order valence-corrected chi connectivity index (χ3v) is 3.91. The largest absolute Gasteiger partial charge is 0.298 e. The van der Waals surface area contributed by atoms with Crippen LogP contribution in [0.15, 0.2) is 48.5 Å². The van der Waals surface area contributed by atoms with Crippen LogP contribution in [0.1, 0.15) is 57.5 Å². The molecule has 0 radical (unpaired) electrons. The zero-order chi connectivity index (χ0) is 15.6. The van der Waals surface area contributed by atoms with Crippen LogP contribution >= 0.6 is 0 Å². The summed E-state index contributed by atoms with van der Waals surface area (Å²) in [5, 5.41) is 0. The summed E-state index contributed by atoms with van der Waals surface area (Å²) in [6, 6.07) is 15.7. The van der Waals surface area contributed by atoms with Crippen LogP contribution in [0.2, 0.25) is 0 Å². The molecule has 0 bridgehead atoms. The average molecular weight is 294 g/mol. The number of rotatable bonds is 9. The summed E-state index contributed by atoms with van der Waals surface area (Å²) in [6.07, 6.45) is 8.73. The van der Waals surface area contributed by atoms with E-state index in [0.717, 1.165) is 36.5 Å². The summed E-state index contributed by atoms with van der Waals surface area (Å²) >= 11 is 0. The number of aldehydes is 2. The van der Waals surface area contributed by atoms with E-state index in [0.29, 0.717) is 0 Å². The lowest BCUT2D eigenvalue weighted by atomic mass is 10.0. The normalized spacial score (nSPS) is 10.4. The van der Waals surface area contributed by atoms with Gasteiger partial charge in [0.1, 0.15) is 12.6 Å². The molecule has 0 atom stereocenters. The van der Waals surface area contributed by atoms with Crippen molar-refractivity contribution in [3.8, 4) is 0 Å². The SMILES string of the molecule is O=Cc1ccc(CCCCCCc2ccc(C=O)cc2)cc1. The van der Waals surface area contributed by atoms with Crippen LogP contribution < -0.4 is 0 Å². The molecule has 0 N–H and O–H groups in total. The first-order valence-electron chi connectivity index (χ1n) is 7.90. The molecular formula is C20H22O2. The van der Waals surface area contributed by atoms with Crippen molar-refractivity contribution in [2.75, 3.05) is 0 Å². The Morgan fingerprint density at radius 3 is 1.23 bits per heavy atom. The van der Waals surface area contributed by atoms with Gasteiger partial charge in [-0.3, -0.25) is 9.59 Å². The predicted octanol–water partition coefficient (Wildman–Crippen LogP) is 4.66. The molecular weight excluding hydrogens is 272 g/mol. The van der Waals surface area contributed by atoms with Crippen molar-refractivity contribution in [3.05, 3.63) is 70.8 Å². The second kappa shape index (κ2) is 8.93. The van der Waals surface area contributed by atoms with E-state index in [1.807, 2.05) is 48.5 Å². The predicted molar refractivity (Wildman–Crippen MR) is 89.5 cm³/mol. The second-order valence-electron chi connectivity index (χ2n) is 5.63. The smallest absolute Gasteiger partial charge is 0.150 e. The van der Waals surface area contributed by atoms with Gasteiger partial charge in [-0.25, -0.2) is 0 Å². The van der Waals surface area contributed by atoms with Crippen LogP contribution in [0, 0.1) is 0 Å². The maximum Gasteiger partial charge on any atom is 0.150 e. The Morgan fingerprint density at radius 2 is 0.909 bits per heavy atom. The van der Waals surface area contributed by atoms with Crippen molar-refractivity contribution in [1.82, 2.24) is 0 Å². The Balaban J connectivity index is 1.60. The topological polar surface area (TPSA) is 34.1 Å². The lowest BCUT2D eigenvalue weighted by Crippen LogP contribution is -1.90. The maximum atomic E-state index is 10.6. The van der Waals surface area contributed by atoms with E-state index in [9.17, 15) is 9.59 Å². The fourth-order valence-corrected chi connectivity index (χ4v) is 2.54. The summed E-state index contributed by atoms with van der Waals surface area (Å²) in [4.78, 5) is 21.2. The quantitative estimate of drug-likeness (QED) is 0.498. The minimum absolute atomic E-state index is 0.740. The van der Waals surface area contributed by atoms with Gasteiger partial charge in [0.25, 0.3) is 0 Å². The highest BCUT2D eigenvalue weighted by atomic mass is 16.1. The molecule has 114 valence electrons. The summed E-state index contributed by atoms with van der Waals surface area (Å²) < 4.78 is 0. The number of benzene rings is 2. The van der Waals surface area contributed by atoms with E-state index in [-0.39, 0.29) is 0 Å². The van der Waals surface area contributed by atoms with Gasteiger partial charge in [-0.15, -0.1) is 0 Å². The summed E-state index contributed by atoms with van der Waals surface area (Å²) in [5.74, 6) is 0. The lowest BCUT2D eigenvalue weighted by Gasteiger charge is -2.04. The molecule has 0 aliphatic heterocycles. The molecule has 2 rings (SSSR count). The van der Waals surface area contributed by atoms with Crippen LogP contribution in [0.5, 0.6) is 0 Å². The first-order chi connectivity index (χ1) is 10.8.